The predicted octanol–water partition coefficient (Wildman–Crippen LogP) is 2.45. The molecule has 0 aliphatic rings. The Labute approximate surface area is 119 Å². The summed E-state index contributed by atoms with van der Waals surface area (Å²) < 4.78 is 0. The van der Waals surface area contributed by atoms with Crippen LogP contribution in [0, 0.1) is 13.8 Å². The first-order valence-corrected chi connectivity index (χ1v) is 6.68. The van der Waals surface area contributed by atoms with Crippen molar-refractivity contribution in [1.82, 2.24) is 0 Å². The van der Waals surface area contributed by atoms with Gasteiger partial charge in [-0.25, -0.2) is 0 Å². The lowest BCUT2D eigenvalue weighted by atomic mass is 9.98. The molecule has 2 aromatic rings. The molecule has 0 aliphatic carbocycles. The first-order valence-electron chi connectivity index (χ1n) is 6.68. The number of hydrogen-bond acceptors (Lipinski definition) is 3. The average molecular weight is 272 g/mol. The maximum Gasteiger partial charge on any atom is 0.155 e. The monoisotopic (exact) mass is 272 g/mol. The van der Waals surface area contributed by atoms with Crippen LogP contribution in [-0.2, 0) is 12.8 Å². The SMILES string of the molecule is Cc1cc(C)c(O)c(Cc2ccc(CC(O)O)cc2)c1. The van der Waals surface area contributed by atoms with Gasteiger partial charge >= 0.3 is 0 Å². The van der Waals surface area contributed by atoms with Gasteiger partial charge in [0.25, 0.3) is 0 Å². The molecule has 0 aromatic heterocycles. The first kappa shape index (κ1) is 14.6. The van der Waals surface area contributed by atoms with E-state index in [4.69, 9.17) is 10.2 Å². The van der Waals surface area contributed by atoms with Crippen molar-refractivity contribution in [3.8, 4) is 5.75 Å². The molecule has 106 valence electrons. The minimum absolute atomic E-state index is 0.231. The molecule has 3 heteroatoms. The first-order chi connectivity index (χ1) is 9.45. The van der Waals surface area contributed by atoms with Crippen LogP contribution in [0.1, 0.15) is 27.8 Å². The maximum atomic E-state index is 10.1. The lowest BCUT2D eigenvalue weighted by molar-refractivity contribution is -0.0381. The van der Waals surface area contributed by atoms with Crippen LogP contribution >= 0.6 is 0 Å². The number of aliphatic hydroxyl groups excluding tert-OH is 1. The van der Waals surface area contributed by atoms with Gasteiger partial charge in [-0.1, -0.05) is 42.0 Å². The van der Waals surface area contributed by atoms with Gasteiger partial charge in [0.05, 0.1) is 0 Å². The number of phenolic OH excluding ortho intramolecular Hbond substituents is 1. The van der Waals surface area contributed by atoms with E-state index in [1.807, 2.05) is 50.2 Å². The molecule has 0 unspecified atom stereocenters. The Hall–Kier alpha value is -1.84. The van der Waals surface area contributed by atoms with Crippen LogP contribution in [-0.4, -0.2) is 21.6 Å². The summed E-state index contributed by atoms with van der Waals surface area (Å²) >= 11 is 0. The second-order valence-corrected chi connectivity index (χ2v) is 5.27. The van der Waals surface area contributed by atoms with Crippen LogP contribution in [0.25, 0.3) is 0 Å². The van der Waals surface area contributed by atoms with Crippen molar-refractivity contribution >= 4 is 0 Å². The zero-order chi connectivity index (χ0) is 14.7. The van der Waals surface area contributed by atoms with Crippen LogP contribution in [0.2, 0.25) is 0 Å². The highest BCUT2D eigenvalue weighted by Crippen LogP contribution is 2.26. The zero-order valence-corrected chi connectivity index (χ0v) is 11.8. The molecule has 0 aliphatic heterocycles. The summed E-state index contributed by atoms with van der Waals surface area (Å²) in [5.41, 5.74) is 4.91. The number of benzene rings is 2. The normalized spacial score (nSPS) is 11.1. The van der Waals surface area contributed by atoms with Crippen molar-refractivity contribution < 1.29 is 15.3 Å². The highest BCUT2D eigenvalue weighted by Gasteiger charge is 2.07. The summed E-state index contributed by atoms with van der Waals surface area (Å²) in [4.78, 5) is 0. The van der Waals surface area contributed by atoms with Crippen molar-refractivity contribution in [3.05, 3.63) is 64.2 Å². The number of rotatable bonds is 4. The fourth-order valence-corrected chi connectivity index (χ4v) is 2.41. The van der Waals surface area contributed by atoms with E-state index in [1.54, 1.807) is 0 Å². The molecule has 3 N–H and O–H groups in total. The Morgan fingerprint density at radius 3 is 2.15 bits per heavy atom. The predicted molar refractivity (Wildman–Crippen MR) is 78.8 cm³/mol. The minimum atomic E-state index is -1.32. The number of aryl methyl sites for hydroxylation is 2. The molecule has 0 bridgehead atoms. The van der Waals surface area contributed by atoms with Gasteiger partial charge in [-0.3, -0.25) is 0 Å². The molecule has 3 nitrogen and oxygen atoms in total. The Morgan fingerprint density at radius 2 is 1.55 bits per heavy atom. The smallest absolute Gasteiger partial charge is 0.155 e. The van der Waals surface area contributed by atoms with E-state index in [0.717, 1.165) is 27.8 Å². The molecule has 0 radical (unpaired) electrons. The van der Waals surface area contributed by atoms with Gasteiger partial charge in [-0.05, 0) is 36.1 Å². The third kappa shape index (κ3) is 3.59. The van der Waals surface area contributed by atoms with Crippen LogP contribution in [0.4, 0.5) is 0 Å². The minimum Gasteiger partial charge on any atom is -0.507 e. The Balaban J connectivity index is 2.18. The lowest BCUT2D eigenvalue weighted by Crippen LogP contribution is -2.08. The Bertz CT molecular complexity index is 586. The molecule has 0 spiro atoms. The van der Waals surface area contributed by atoms with Gasteiger partial charge in [0.1, 0.15) is 5.75 Å². The fourth-order valence-electron chi connectivity index (χ4n) is 2.41. The molecular formula is C17H20O3. The van der Waals surface area contributed by atoms with Gasteiger partial charge in [-0.2, -0.15) is 0 Å². The third-order valence-corrected chi connectivity index (χ3v) is 3.36. The molecule has 0 amide bonds. The van der Waals surface area contributed by atoms with E-state index in [-0.39, 0.29) is 6.42 Å². The molecule has 0 saturated carbocycles. The summed E-state index contributed by atoms with van der Waals surface area (Å²) in [6, 6.07) is 11.6. The standard InChI is InChI=1S/C17H20O3/c1-11-7-12(2)17(20)15(8-11)9-13-3-5-14(6-4-13)10-16(18)19/h3-8,16,18-20H,9-10H2,1-2H3. The van der Waals surface area contributed by atoms with Gasteiger partial charge in [0.15, 0.2) is 6.29 Å². The van der Waals surface area contributed by atoms with E-state index >= 15 is 0 Å². The van der Waals surface area contributed by atoms with Crippen molar-refractivity contribution in [3.63, 3.8) is 0 Å². The summed E-state index contributed by atoms with van der Waals surface area (Å²) in [6.45, 7) is 3.92. The largest absolute Gasteiger partial charge is 0.507 e. The Morgan fingerprint density at radius 1 is 0.950 bits per heavy atom. The topological polar surface area (TPSA) is 60.7 Å². The summed E-state index contributed by atoms with van der Waals surface area (Å²) in [5.74, 6) is 0.352. The number of phenols is 1. The highest BCUT2D eigenvalue weighted by molar-refractivity contribution is 5.45. The number of hydrogen-bond donors (Lipinski definition) is 3. The number of aromatic hydroxyl groups is 1. The van der Waals surface area contributed by atoms with Gasteiger partial charge < -0.3 is 15.3 Å². The van der Waals surface area contributed by atoms with Crippen LogP contribution < -0.4 is 0 Å². The molecule has 0 atom stereocenters. The van der Waals surface area contributed by atoms with E-state index in [0.29, 0.717) is 12.2 Å². The second kappa shape index (κ2) is 6.07. The summed E-state index contributed by atoms with van der Waals surface area (Å²) in [5, 5.41) is 28.0. The fraction of sp³-hybridized carbons (Fsp3) is 0.294. The average Bonchev–Trinajstić information content (AvgIpc) is 2.37. The van der Waals surface area contributed by atoms with Gasteiger partial charge in [-0.15, -0.1) is 0 Å². The quantitative estimate of drug-likeness (QED) is 0.749. The van der Waals surface area contributed by atoms with E-state index in [2.05, 4.69) is 0 Å². The highest BCUT2D eigenvalue weighted by atomic mass is 16.5. The van der Waals surface area contributed by atoms with Crippen molar-refractivity contribution in [2.75, 3.05) is 0 Å². The van der Waals surface area contributed by atoms with Gasteiger partial charge in [0.2, 0.25) is 0 Å². The zero-order valence-electron chi connectivity index (χ0n) is 11.8. The van der Waals surface area contributed by atoms with Crippen LogP contribution in [0.5, 0.6) is 5.75 Å². The molecule has 0 heterocycles. The van der Waals surface area contributed by atoms with Crippen molar-refractivity contribution in [2.24, 2.45) is 0 Å². The van der Waals surface area contributed by atoms with E-state index < -0.39 is 6.29 Å². The second-order valence-electron chi connectivity index (χ2n) is 5.27. The molecule has 2 aromatic carbocycles. The van der Waals surface area contributed by atoms with Crippen molar-refractivity contribution in [1.29, 1.82) is 0 Å². The number of aliphatic hydroxyl groups is 2. The molecule has 2 rings (SSSR count). The third-order valence-electron chi connectivity index (χ3n) is 3.36. The molecule has 0 fully saturated rings. The van der Waals surface area contributed by atoms with E-state index in [1.165, 1.54) is 0 Å². The molecule has 20 heavy (non-hydrogen) atoms. The van der Waals surface area contributed by atoms with E-state index in [9.17, 15) is 5.11 Å². The van der Waals surface area contributed by atoms with Crippen molar-refractivity contribution in [2.45, 2.75) is 33.0 Å². The van der Waals surface area contributed by atoms with Crippen LogP contribution in [0.15, 0.2) is 36.4 Å². The Kier molecular flexibility index (Phi) is 4.42. The van der Waals surface area contributed by atoms with Crippen LogP contribution in [0.3, 0.4) is 0 Å². The maximum absolute atomic E-state index is 10.1. The molecular weight excluding hydrogens is 252 g/mol. The van der Waals surface area contributed by atoms with Gasteiger partial charge in [0, 0.05) is 12.8 Å². The summed E-state index contributed by atoms with van der Waals surface area (Å²) in [6.07, 6.45) is -0.421. The molecule has 0 saturated heterocycles. The summed E-state index contributed by atoms with van der Waals surface area (Å²) in [7, 11) is 0. The lowest BCUT2D eigenvalue weighted by Gasteiger charge is -2.10.